The van der Waals surface area contributed by atoms with Crippen molar-refractivity contribution in [1.29, 1.82) is 5.26 Å². The van der Waals surface area contributed by atoms with Crippen LogP contribution in [0.1, 0.15) is 36.5 Å². The van der Waals surface area contributed by atoms with Crippen molar-refractivity contribution in [3.05, 3.63) is 59.2 Å². The van der Waals surface area contributed by atoms with E-state index < -0.39 is 6.61 Å². The topological polar surface area (TPSA) is 45.5 Å². The Hall–Kier alpha value is -2.65. The van der Waals surface area contributed by atoms with Gasteiger partial charge >= 0.3 is 6.61 Å². The lowest BCUT2D eigenvalue weighted by atomic mass is 10.1. The Morgan fingerprint density at radius 1 is 1.15 bits per heavy atom. The molecule has 0 N–H and O–H groups in total. The van der Waals surface area contributed by atoms with Gasteiger partial charge in [0.1, 0.15) is 0 Å². The van der Waals surface area contributed by atoms with Crippen LogP contribution in [0.4, 0.5) is 8.78 Å². The van der Waals surface area contributed by atoms with Crippen molar-refractivity contribution < 1.29 is 18.3 Å². The predicted molar refractivity (Wildman–Crippen MR) is 97.7 cm³/mol. The van der Waals surface area contributed by atoms with Crippen LogP contribution in [-0.2, 0) is 13.1 Å². The van der Waals surface area contributed by atoms with E-state index in [4.69, 9.17) is 4.74 Å². The first kappa shape index (κ1) is 19.1. The van der Waals surface area contributed by atoms with Crippen molar-refractivity contribution in [1.82, 2.24) is 4.90 Å². The molecule has 0 unspecified atom stereocenters. The van der Waals surface area contributed by atoms with Gasteiger partial charge in [-0.1, -0.05) is 24.3 Å². The second-order valence-corrected chi connectivity index (χ2v) is 6.50. The lowest BCUT2D eigenvalue weighted by Crippen LogP contribution is -2.25. The molecule has 0 aromatic heterocycles. The van der Waals surface area contributed by atoms with E-state index in [1.807, 2.05) is 24.3 Å². The standard InChI is InChI=1S/C21H22F2N2O2/c1-2-26-20-11-15(7-10-19(20)27-21(22)23)13-25(18-8-9-18)14-17-6-4-3-5-16(17)12-24/h3-7,10-11,18,21H,2,8-9,13-14H2,1H3. The fourth-order valence-corrected chi connectivity index (χ4v) is 3.09. The van der Waals surface area contributed by atoms with Crippen LogP contribution in [0.2, 0.25) is 0 Å². The van der Waals surface area contributed by atoms with Crippen LogP contribution in [0.25, 0.3) is 0 Å². The highest BCUT2D eigenvalue weighted by molar-refractivity contribution is 5.43. The third-order valence-corrected chi connectivity index (χ3v) is 4.48. The summed E-state index contributed by atoms with van der Waals surface area (Å²) in [6.07, 6.45) is 2.25. The normalized spacial score (nSPS) is 13.6. The molecule has 0 heterocycles. The van der Waals surface area contributed by atoms with Crippen molar-refractivity contribution in [3.63, 3.8) is 0 Å². The number of nitriles is 1. The van der Waals surface area contributed by atoms with E-state index in [2.05, 4.69) is 15.7 Å². The van der Waals surface area contributed by atoms with Crippen LogP contribution < -0.4 is 9.47 Å². The van der Waals surface area contributed by atoms with Gasteiger partial charge in [0.15, 0.2) is 11.5 Å². The van der Waals surface area contributed by atoms with Crippen molar-refractivity contribution in [3.8, 4) is 17.6 Å². The first-order valence-electron chi connectivity index (χ1n) is 9.03. The van der Waals surface area contributed by atoms with Gasteiger partial charge in [-0.15, -0.1) is 0 Å². The lowest BCUT2D eigenvalue weighted by Gasteiger charge is -2.23. The van der Waals surface area contributed by atoms with E-state index >= 15 is 0 Å². The molecule has 27 heavy (non-hydrogen) atoms. The van der Waals surface area contributed by atoms with Crippen LogP contribution in [0.3, 0.4) is 0 Å². The highest BCUT2D eigenvalue weighted by atomic mass is 19.3. The summed E-state index contributed by atoms with van der Waals surface area (Å²) < 4.78 is 35.1. The van der Waals surface area contributed by atoms with Gasteiger partial charge < -0.3 is 9.47 Å². The molecule has 0 aliphatic heterocycles. The number of benzene rings is 2. The highest BCUT2D eigenvalue weighted by Crippen LogP contribution is 2.33. The summed E-state index contributed by atoms with van der Waals surface area (Å²) >= 11 is 0. The minimum Gasteiger partial charge on any atom is -0.490 e. The van der Waals surface area contributed by atoms with E-state index in [-0.39, 0.29) is 5.75 Å². The zero-order chi connectivity index (χ0) is 19.2. The van der Waals surface area contributed by atoms with Gasteiger partial charge in [-0.2, -0.15) is 14.0 Å². The number of nitrogens with zero attached hydrogens (tertiary/aromatic N) is 2. The van der Waals surface area contributed by atoms with E-state index in [0.29, 0.717) is 37.1 Å². The molecule has 1 aliphatic carbocycles. The van der Waals surface area contributed by atoms with Crippen molar-refractivity contribution in [2.75, 3.05) is 6.61 Å². The second kappa shape index (κ2) is 8.83. The number of hydrogen-bond donors (Lipinski definition) is 0. The number of alkyl halides is 2. The van der Waals surface area contributed by atoms with Gasteiger partial charge in [-0.3, -0.25) is 4.90 Å². The molecule has 0 amide bonds. The molecular weight excluding hydrogens is 350 g/mol. The second-order valence-electron chi connectivity index (χ2n) is 6.50. The molecule has 2 aromatic rings. The molecule has 0 radical (unpaired) electrons. The zero-order valence-corrected chi connectivity index (χ0v) is 15.2. The molecule has 2 aromatic carbocycles. The van der Waals surface area contributed by atoms with Gasteiger partial charge in [0.25, 0.3) is 0 Å². The summed E-state index contributed by atoms with van der Waals surface area (Å²) in [5.74, 6) is 0.367. The highest BCUT2D eigenvalue weighted by Gasteiger charge is 2.29. The predicted octanol–water partition coefficient (Wildman–Crippen LogP) is 4.72. The Labute approximate surface area is 157 Å². The Balaban J connectivity index is 1.78. The van der Waals surface area contributed by atoms with Gasteiger partial charge in [-0.05, 0) is 49.1 Å². The molecule has 0 saturated heterocycles. The summed E-state index contributed by atoms with van der Waals surface area (Å²) in [5.41, 5.74) is 2.63. The van der Waals surface area contributed by atoms with Crippen LogP contribution in [0.15, 0.2) is 42.5 Å². The minimum atomic E-state index is -2.89. The fraction of sp³-hybridized carbons (Fsp3) is 0.381. The Bertz CT molecular complexity index is 816. The summed E-state index contributed by atoms with van der Waals surface area (Å²) in [5, 5.41) is 9.31. The molecule has 1 aliphatic rings. The third kappa shape index (κ3) is 5.18. The SMILES string of the molecule is CCOc1cc(CN(Cc2ccccc2C#N)C2CC2)ccc1OC(F)F. The molecule has 1 saturated carbocycles. The smallest absolute Gasteiger partial charge is 0.387 e. The summed E-state index contributed by atoms with van der Waals surface area (Å²) in [4.78, 5) is 2.31. The molecule has 6 heteroatoms. The van der Waals surface area contributed by atoms with E-state index in [9.17, 15) is 14.0 Å². The van der Waals surface area contributed by atoms with Crippen LogP contribution >= 0.6 is 0 Å². The lowest BCUT2D eigenvalue weighted by molar-refractivity contribution is -0.0514. The molecule has 0 atom stereocenters. The largest absolute Gasteiger partial charge is 0.490 e. The molecule has 3 rings (SSSR count). The van der Waals surface area contributed by atoms with Crippen LogP contribution in [0.5, 0.6) is 11.5 Å². The molecule has 142 valence electrons. The maximum Gasteiger partial charge on any atom is 0.387 e. The Morgan fingerprint density at radius 2 is 1.93 bits per heavy atom. The molecular formula is C21H22F2N2O2. The molecule has 0 spiro atoms. The number of rotatable bonds is 9. The Morgan fingerprint density at radius 3 is 2.59 bits per heavy atom. The summed E-state index contributed by atoms with van der Waals surface area (Å²) in [6.45, 7) is 0.604. The van der Waals surface area contributed by atoms with Gasteiger partial charge in [-0.25, -0.2) is 0 Å². The summed E-state index contributed by atoms with van der Waals surface area (Å²) in [7, 11) is 0. The maximum atomic E-state index is 12.6. The minimum absolute atomic E-state index is 0.0448. The zero-order valence-electron chi connectivity index (χ0n) is 15.2. The number of ether oxygens (including phenoxy) is 2. The van der Waals surface area contributed by atoms with Crippen molar-refractivity contribution >= 4 is 0 Å². The quantitative estimate of drug-likeness (QED) is 0.639. The van der Waals surface area contributed by atoms with E-state index in [1.165, 1.54) is 6.07 Å². The first-order chi connectivity index (χ1) is 13.1. The Kier molecular flexibility index (Phi) is 6.25. The number of halogens is 2. The van der Waals surface area contributed by atoms with E-state index in [0.717, 1.165) is 24.0 Å². The first-order valence-corrected chi connectivity index (χ1v) is 9.03. The van der Waals surface area contributed by atoms with Crippen LogP contribution in [-0.4, -0.2) is 24.2 Å². The van der Waals surface area contributed by atoms with Gasteiger partial charge in [0.05, 0.1) is 18.2 Å². The molecule has 0 bridgehead atoms. The summed E-state index contributed by atoms with van der Waals surface area (Å²) in [6, 6.07) is 15.4. The van der Waals surface area contributed by atoms with E-state index in [1.54, 1.807) is 19.1 Å². The third-order valence-electron chi connectivity index (χ3n) is 4.48. The van der Waals surface area contributed by atoms with Gasteiger partial charge in [0, 0.05) is 19.1 Å². The van der Waals surface area contributed by atoms with Gasteiger partial charge in [0.2, 0.25) is 0 Å². The molecule has 1 fully saturated rings. The van der Waals surface area contributed by atoms with Crippen molar-refractivity contribution in [2.24, 2.45) is 0 Å². The van der Waals surface area contributed by atoms with Crippen molar-refractivity contribution in [2.45, 2.75) is 45.5 Å². The number of hydrogen-bond acceptors (Lipinski definition) is 4. The molecule has 4 nitrogen and oxygen atoms in total. The maximum absolute atomic E-state index is 12.6. The average molecular weight is 372 g/mol. The fourth-order valence-electron chi connectivity index (χ4n) is 3.09. The van der Waals surface area contributed by atoms with Crippen LogP contribution in [0, 0.1) is 11.3 Å². The average Bonchev–Trinajstić information content (AvgIpc) is 3.49. The monoisotopic (exact) mass is 372 g/mol.